The van der Waals surface area contributed by atoms with Crippen molar-refractivity contribution in [3.8, 4) is 0 Å². The third-order valence-electron chi connectivity index (χ3n) is 2.68. The van der Waals surface area contributed by atoms with E-state index < -0.39 is 4.92 Å². The van der Waals surface area contributed by atoms with Gasteiger partial charge in [-0.25, -0.2) is 0 Å². The molecule has 0 aliphatic heterocycles. The van der Waals surface area contributed by atoms with Crippen LogP contribution in [0.15, 0.2) is 24.3 Å². The summed E-state index contributed by atoms with van der Waals surface area (Å²) in [5, 5.41) is 16.5. The minimum Gasteiger partial charge on any atom is -0.355 e. The Labute approximate surface area is 112 Å². The molecule has 0 bridgehead atoms. The van der Waals surface area contributed by atoms with Crippen molar-refractivity contribution < 1.29 is 9.72 Å². The van der Waals surface area contributed by atoms with E-state index in [2.05, 4.69) is 10.6 Å². The molecular formula is C13H19N3O3. The largest absolute Gasteiger partial charge is 0.355 e. The van der Waals surface area contributed by atoms with E-state index in [4.69, 9.17) is 0 Å². The van der Waals surface area contributed by atoms with Gasteiger partial charge in [0.15, 0.2) is 0 Å². The molecule has 0 saturated carbocycles. The van der Waals surface area contributed by atoms with E-state index in [0.717, 1.165) is 12.0 Å². The van der Waals surface area contributed by atoms with E-state index in [-0.39, 0.29) is 17.6 Å². The summed E-state index contributed by atoms with van der Waals surface area (Å²) in [6.07, 6.45) is 0.892. The van der Waals surface area contributed by atoms with Crippen molar-refractivity contribution in [1.82, 2.24) is 10.6 Å². The number of nitro benzene ring substituents is 1. The van der Waals surface area contributed by atoms with Crippen molar-refractivity contribution in [3.63, 3.8) is 0 Å². The normalized spacial score (nSPS) is 11.9. The van der Waals surface area contributed by atoms with Gasteiger partial charge in [-0.2, -0.15) is 0 Å². The number of non-ortho nitro benzene ring substituents is 1. The molecule has 104 valence electrons. The first-order valence-electron chi connectivity index (χ1n) is 6.29. The van der Waals surface area contributed by atoms with Crippen LogP contribution in [0, 0.1) is 10.1 Å². The second-order valence-electron chi connectivity index (χ2n) is 4.32. The summed E-state index contributed by atoms with van der Waals surface area (Å²) in [5.74, 6) is -0.0627. The fourth-order valence-electron chi connectivity index (χ4n) is 1.54. The van der Waals surface area contributed by atoms with E-state index in [1.54, 1.807) is 19.1 Å². The molecule has 1 atom stereocenters. The maximum absolute atomic E-state index is 11.6. The summed E-state index contributed by atoms with van der Waals surface area (Å²) < 4.78 is 0. The van der Waals surface area contributed by atoms with E-state index in [1.807, 2.05) is 6.92 Å². The van der Waals surface area contributed by atoms with Gasteiger partial charge >= 0.3 is 0 Å². The molecule has 1 aromatic carbocycles. The molecule has 6 nitrogen and oxygen atoms in total. The molecule has 1 unspecified atom stereocenters. The number of hydrogen-bond donors (Lipinski definition) is 2. The molecular weight excluding hydrogens is 246 g/mol. The van der Waals surface area contributed by atoms with Crippen molar-refractivity contribution in [2.45, 2.75) is 32.9 Å². The van der Waals surface area contributed by atoms with Crippen LogP contribution in [0.2, 0.25) is 0 Å². The SMILES string of the molecule is CCCNC(=O)C(C)NCc1cccc([N+](=O)[O-])c1. The van der Waals surface area contributed by atoms with Gasteiger partial charge in [-0.1, -0.05) is 19.1 Å². The first kappa shape index (κ1) is 15.1. The van der Waals surface area contributed by atoms with Crippen LogP contribution in [0.5, 0.6) is 0 Å². The first-order valence-corrected chi connectivity index (χ1v) is 6.29. The van der Waals surface area contributed by atoms with E-state index in [9.17, 15) is 14.9 Å². The van der Waals surface area contributed by atoms with Gasteiger partial charge in [0, 0.05) is 25.2 Å². The Hall–Kier alpha value is -1.95. The lowest BCUT2D eigenvalue weighted by Crippen LogP contribution is -2.42. The average Bonchev–Trinajstić information content (AvgIpc) is 2.42. The molecule has 0 heterocycles. The molecule has 1 amide bonds. The monoisotopic (exact) mass is 265 g/mol. The Morgan fingerprint density at radius 3 is 2.84 bits per heavy atom. The minimum absolute atomic E-state index is 0.0578. The van der Waals surface area contributed by atoms with Gasteiger partial charge in [0.2, 0.25) is 5.91 Å². The molecule has 19 heavy (non-hydrogen) atoms. The predicted octanol–water partition coefficient (Wildman–Crippen LogP) is 1.60. The Morgan fingerprint density at radius 2 is 2.21 bits per heavy atom. The summed E-state index contributed by atoms with van der Waals surface area (Å²) in [5.41, 5.74) is 0.840. The second kappa shape index (κ2) is 7.48. The first-order chi connectivity index (χ1) is 9.04. The van der Waals surface area contributed by atoms with Crippen LogP contribution >= 0.6 is 0 Å². The molecule has 0 aromatic heterocycles. The summed E-state index contributed by atoms with van der Waals surface area (Å²) >= 11 is 0. The fourth-order valence-corrected chi connectivity index (χ4v) is 1.54. The Morgan fingerprint density at radius 1 is 1.47 bits per heavy atom. The molecule has 0 fully saturated rings. The van der Waals surface area contributed by atoms with Crippen molar-refractivity contribution in [2.75, 3.05) is 6.54 Å². The number of hydrogen-bond acceptors (Lipinski definition) is 4. The van der Waals surface area contributed by atoms with Gasteiger partial charge < -0.3 is 10.6 Å². The highest BCUT2D eigenvalue weighted by atomic mass is 16.6. The standard InChI is InChI=1S/C13H19N3O3/c1-3-7-14-13(17)10(2)15-9-11-5-4-6-12(8-11)16(18)19/h4-6,8,10,15H,3,7,9H2,1-2H3,(H,14,17). The van der Waals surface area contributed by atoms with E-state index in [1.165, 1.54) is 12.1 Å². The molecule has 6 heteroatoms. The predicted molar refractivity (Wildman–Crippen MR) is 72.7 cm³/mol. The Balaban J connectivity index is 2.50. The number of rotatable bonds is 7. The summed E-state index contributed by atoms with van der Waals surface area (Å²) in [6, 6.07) is 6.05. The van der Waals surface area contributed by atoms with E-state index >= 15 is 0 Å². The molecule has 1 rings (SSSR count). The lowest BCUT2D eigenvalue weighted by Gasteiger charge is -2.13. The van der Waals surface area contributed by atoms with Crippen molar-refractivity contribution in [3.05, 3.63) is 39.9 Å². The van der Waals surface area contributed by atoms with Crippen LogP contribution in [0.3, 0.4) is 0 Å². The van der Waals surface area contributed by atoms with Gasteiger partial charge in [0.05, 0.1) is 11.0 Å². The summed E-state index contributed by atoms with van der Waals surface area (Å²) in [7, 11) is 0. The fraction of sp³-hybridized carbons (Fsp3) is 0.462. The molecule has 1 aromatic rings. The highest BCUT2D eigenvalue weighted by Crippen LogP contribution is 2.12. The number of nitrogens with zero attached hydrogens (tertiary/aromatic N) is 1. The maximum Gasteiger partial charge on any atom is 0.269 e. The van der Waals surface area contributed by atoms with Crippen LogP contribution in [-0.4, -0.2) is 23.4 Å². The molecule has 0 aliphatic rings. The number of carbonyl (C=O) groups is 1. The zero-order valence-electron chi connectivity index (χ0n) is 11.2. The second-order valence-corrected chi connectivity index (χ2v) is 4.32. The topological polar surface area (TPSA) is 84.3 Å². The Bertz CT molecular complexity index is 449. The number of carbonyl (C=O) groups excluding carboxylic acids is 1. The summed E-state index contributed by atoms with van der Waals surface area (Å²) in [6.45, 7) is 4.83. The van der Waals surface area contributed by atoms with Crippen LogP contribution in [-0.2, 0) is 11.3 Å². The molecule has 0 radical (unpaired) electrons. The molecule has 0 spiro atoms. The maximum atomic E-state index is 11.6. The third kappa shape index (κ3) is 5.05. The van der Waals surface area contributed by atoms with Gasteiger partial charge in [-0.3, -0.25) is 14.9 Å². The number of amides is 1. The van der Waals surface area contributed by atoms with Crippen LogP contribution < -0.4 is 10.6 Å². The quantitative estimate of drug-likeness (QED) is 0.579. The van der Waals surface area contributed by atoms with Crippen molar-refractivity contribution >= 4 is 11.6 Å². The van der Waals surface area contributed by atoms with Gasteiger partial charge in [0.25, 0.3) is 5.69 Å². The minimum atomic E-state index is -0.430. The number of nitro groups is 1. The molecule has 0 saturated heterocycles. The number of nitrogens with one attached hydrogen (secondary N) is 2. The lowest BCUT2D eigenvalue weighted by atomic mass is 10.2. The highest BCUT2D eigenvalue weighted by Gasteiger charge is 2.12. The number of benzene rings is 1. The van der Waals surface area contributed by atoms with Crippen molar-refractivity contribution in [1.29, 1.82) is 0 Å². The lowest BCUT2D eigenvalue weighted by molar-refractivity contribution is -0.384. The van der Waals surface area contributed by atoms with Gasteiger partial charge in [-0.05, 0) is 18.9 Å². The van der Waals surface area contributed by atoms with Crippen LogP contribution in [0.1, 0.15) is 25.8 Å². The molecule has 2 N–H and O–H groups in total. The van der Waals surface area contributed by atoms with Gasteiger partial charge in [-0.15, -0.1) is 0 Å². The zero-order chi connectivity index (χ0) is 14.3. The third-order valence-corrected chi connectivity index (χ3v) is 2.68. The molecule has 0 aliphatic carbocycles. The van der Waals surface area contributed by atoms with Gasteiger partial charge in [0.1, 0.15) is 0 Å². The van der Waals surface area contributed by atoms with Crippen LogP contribution in [0.25, 0.3) is 0 Å². The zero-order valence-corrected chi connectivity index (χ0v) is 11.2. The average molecular weight is 265 g/mol. The smallest absolute Gasteiger partial charge is 0.269 e. The van der Waals surface area contributed by atoms with Crippen molar-refractivity contribution in [2.24, 2.45) is 0 Å². The van der Waals surface area contributed by atoms with Crippen LogP contribution in [0.4, 0.5) is 5.69 Å². The van der Waals surface area contributed by atoms with E-state index in [0.29, 0.717) is 13.1 Å². The Kier molecular flexibility index (Phi) is 5.95. The summed E-state index contributed by atoms with van der Waals surface area (Å²) in [4.78, 5) is 21.8. The highest BCUT2D eigenvalue weighted by molar-refractivity contribution is 5.81.